The Bertz CT molecular complexity index is 2960. The highest BCUT2D eigenvalue weighted by Gasteiger charge is 2.56. The molecule has 8 aromatic rings. The lowest BCUT2D eigenvalue weighted by molar-refractivity contribution is 0.0680. The van der Waals surface area contributed by atoms with Crippen LogP contribution in [0.5, 0.6) is 0 Å². The molecule has 1 aliphatic rings. The van der Waals surface area contributed by atoms with Crippen molar-refractivity contribution in [3.63, 3.8) is 0 Å². The number of carboxylic acids is 2. The maximum atomic E-state index is 11.7. The molecule has 9 rings (SSSR count). The van der Waals surface area contributed by atoms with Gasteiger partial charge < -0.3 is 10.2 Å². The first-order valence-electron chi connectivity index (χ1n) is 21.1. The van der Waals surface area contributed by atoms with Gasteiger partial charge in [-0.25, -0.2) is 19.6 Å². The van der Waals surface area contributed by atoms with E-state index in [-0.39, 0.29) is 27.6 Å². The Labute approximate surface area is 367 Å². The van der Waals surface area contributed by atoms with Gasteiger partial charge in [0.05, 0.1) is 5.69 Å². The molecule has 0 saturated carbocycles. The van der Waals surface area contributed by atoms with Crippen molar-refractivity contribution in [1.29, 1.82) is 0 Å². The molecular weight excluding hydrogens is 779 g/mol. The van der Waals surface area contributed by atoms with Crippen molar-refractivity contribution < 1.29 is 19.8 Å². The van der Waals surface area contributed by atoms with Gasteiger partial charge in [0.25, 0.3) is 0 Å². The van der Waals surface area contributed by atoms with E-state index in [2.05, 4.69) is 136 Å². The zero-order valence-electron chi connectivity index (χ0n) is 36.1. The van der Waals surface area contributed by atoms with E-state index >= 15 is 0 Å². The smallest absolute Gasteiger partial charge is 0.354 e. The van der Waals surface area contributed by atoms with Crippen molar-refractivity contribution in [2.24, 2.45) is 5.41 Å². The van der Waals surface area contributed by atoms with Gasteiger partial charge in [-0.15, -0.1) is 0 Å². The minimum Gasteiger partial charge on any atom is -0.477 e. The molecule has 0 radical (unpaired) electrons. The number of hydrogen-bond acceptors (Lipinski definition) is 5. The highest BCUT2D eigenvalue weighted by Crippen LogP contribution is 2.61. The number of hydrogen-bond donors (Lipinski definition) is 2. The summed E-state index contributed by atoms with van der Waals surface area (Å²) < 4.78 is 0. The molecule has 0 atom stereocenters. The van der Waals surface area contributed by atoms with Gasteiger partial charge >= 0.3 is 11.9 Å². The number of carbonyl (C=O) groups is 2. The standard InChI is InChI=1S/C56H47N3O4/c1-54(2)47-23-19-34(30-48(47)55(3,4)56(54,5)6)49-24-20-35(31-57-49)41-13-7-10-16-44(41)38-27-39(45-17-11-8-14-42(45)36-21-25-50(52(60)61)58-32-36)29-40(28-38)46-18-12-9-15-43(46)37-22-26-51(53(62)63)59-33-37/h7-33H,1-6H3,(H,60,61)(H,62,63). The SMILES string of the molecule is CC1(C)c2ccc(-c3ccc(-c4ccccc4-c4cc(-c5ccccc5-c5ccc(C(=O)O)nc5)cc(-c5ccccc5-c5ccc(C(=O)O)nc5)c4)cn3)cc2C(C)(C)C1(C)C. The number of benzene rings is 5. The van der Waals surface area contributed by atoms with Crippen LogP contribution in [0.3, 0.4) is 0 Å². The second-order valence-corrected chi connectivity index (χ2v) is 18.0. The highest BCUT2D eigenvalue weighted by atomic mass is 16.4. The third-order valence-electron chi connectivity index (χ3n) is 14.1. The van der Waals surface area contributed by atoms with Crippen molar-refractivity contribution in [3.8, 4) is 78.0 Å². The van der Waals surface area contributed by atoms with Crippen LogP contribution in [-0.2, 0) is 10.8 Å². The number of aromatic carboxylic acids is 2. The van der Waals surface area contributed by atoms with E-state index in [1.54, 1.807) is 24.5 Å². The number of fused-ring (bicyclic) bond motifs is 1. The summed E-state index contributed by atoms with van der Waals surface area (Å²) in [5.74, 6) is -2.16. The van der Waals surface area contributed by atoms with E-state index in [0.717, 1.165) is 78.0 Å². The molecular formula is C56H47N3O4. The molecule has 3 aromatic heterocycles. The van der Waals surface area contributed by atoms with Crippen LogP contribution in [0.1, 0.15) is 73.6 Å². The first-order valence-corrected chi connectivity index (χ1v) is 21.1. The van der Waals surface area contributed by atoms with Crippen molar-refractivity contribution in [2.75, 3.05) is 0 Å². The molecule has 0 unspecified atom stereocenters. The van der Waals surface area contributed by atoms with Gasteiger partial charge in [0.15, 0.2) is 0 Å². The number of rotatable bonds is 9. The predicted octanol–water partition coefficient (Wildman–Crippen LogP) is 13.5. The fourth-order valence-corrected chi connectivity index (χ4v) is 9.36. The van der Waals surface area contributed by atoms with Crippen LogP contribution in [0.15, 0.2) is 164 Å². The van der Waals surface area contributed by atoms with Gasteiger partial charge in [-0.2, -0.15) is 0 Å². The van der Waals surface area contributed by atoms with Crippen LogP contribution in [0.2, 0.25) is 0 Å². The normalized spacial score (nSPS) is 14.5. The minimum atomic E-state index is -1.08. The van der Waals surface area contributed by atoms with Crippen LogP contribution in [0.4, 0.5) is 0 Å². The van der Waals surface area contributed by atoms with Crippen LogP contribution in [0, 0.1) is 5.41 Å². The van der Waals surface area contributed by atoms with E-state index in [1.807, 2.05) is 42.6 Å². The Hall–Kier alpha value is -7.51. The number of carboxylic acid groups (broad SMARTS) is 2. The summed E-state index contributed by atoms with van der Waals surface area (Å²) in [6.45, 7) is 14.2. The monoisotopic (exact) mass is 825 g/mol. The molecule has 0 bridgehead atoms. The Morgan fingerprint density at radius 2 is 0.730 bits per heavy atom. The summed E-state index contributed by atoms with van der Waals surface area (Å²) in [7, 11) is 0. The van der Waals surface area contributed by atoms with Crippen LogP contribution >= 0.6 is 0 Å². The average molecular weight is 826 g/mol. The molecule has 0 fully saturated rings. The van der Waals surface area contributed by atoms with Crippen molar-refractivity contribution in [2.45, 2.75) is 52.4 Å². The Balaban J connectivity index is 1.18. The molecule has 5 aromatic carbocycles. The lowest BCUT2D eigenvalue weighted by atomic mass is 9.59. The van der Waals surface area contributed by atoms with Crippen LogP contribution in [-0.4, -0.2) is 37.1 Å². The minimum absolute atomic E-state index is 0.0150. The van der Waals surface area contributed by atoms with Crippen molar-refractivity contribution in [1.82, 2.24) is 15.0 Å². The van der Waals surface area contributed by atoms with Crippen molar-refractivity contribution >= 4 is 11.9 Å². The van der Waals surface area contributed by atoms with Crippen LogP contribution < -0.4 is 0 Å². The first-order chi connectivity index (χ1) is 30.2. The van der Waals surface area contributed by atoms with E-state index in [1.165, 1.54) is 23.3 Å². The van der Waals surface area contributed by atoms with E-state index in [9.17, 15) is 19.8 Å². The third-order valence-corrected chi connectivity index (χ3v) is 14.1. The summed E-state index contributed by atoms with van der Waals surface area (Å²) in [5.41, 5.74) is 16.0. The molecule has 7 heteroatoms. The number of aromatic nitrogens is 3. The van der Waals surface area contributed by atoms with Crippen molar-refractivity contribution in [3.05, 3.63) is 187 Å². The average Bonchev–Trinajstić information content (AvgIpc) is 3.41. The van der Waals surface area contributed by atoms with Gasteiger partial charge in [-0.05, 0) is 120 Å². The molecule has 7 nitrogen and oxygen atoms in total. The van der Waals surface area contributed by atoms with Gasteiger partial charge in [0.2, 0.25) is 0 Å². The topological polar surface area (TPSA) is 113 Å². The fraction of sp³-hybridized carbons (Fsp3) is 0.161. The molecule has 0 saturated heterocycles. The number of nitrogens with zero attached hydrogens (tertiary/aromatic N) is 3. The summed E-state index contributed by atoms with van der Waals surface area (Å²) in [6.07, 6.45) is 5.18. The van der Waals surface area contributed by atoms with Gasteiger partial charge in [-0.1, -0.05) is 145 Å². The second kappa shape index (κ2) is 15.4. The molecule has 3 heterocycles. The summed E-state index contributed by atoms with van der Waals surface area (Å²) in [5, 5.41) is 19.1. The summed E-state index contributed by atoms with van der Waals surface area (Å²) >= 11 is 0. The molecule has 0 amide bonds. The van der Waals surface area contributed by atoms with E-state index in [0.29, 0.717) is 0 Å². The highest BCUT2D eigenvalue weighted by molar-refractivity contribution is 5.95. The number of pyridine rings is 3. The maximum absolute atomic E-state index is 11.7. The molecule has 2 N–H and O–H groups in total. The van der Waals surface area contributed by atoms with E-state index < -0.39 is 11.9 Å². The van der Waals surface area contributed by atoms with Gasteiger partial charge in [0.1, 0.15) is 11.4 Å². The van der Waals surface area contributed by atoms with Gasteiger partial charge in [0, 0.05) is 40.8 Å². The lowest BCUT2D eigenvalue weighted by Crippen LogP contribution is -2.42. The second-order valence-electron chi connectivity index (χ2n) is 18.0. The summed E-state index contributed by atoms with van der Waals surface area (Å²) in [4.78, 5) is 36.9. The molecule has 0 spiro atoms. The molecule has 1 aliphatic carbocycles. The fourth-order valence-electron chi connectivity index (χ4n) is 9.36. The van der Waals surface area contributed by atoms with Gasteiger partial charge in [-0.3, -0.25) is 4.98 Å². The zero-order valence-corrected chi connectivity index (χ0v) is 36.1. The molecule has 310 valence electrons. The Morgan fingerprint density at radius 1 is 0.381 bits per heavy atom. The Morgan fingerprint density at radius 3 is 1.08 bits per heavy atom. The molecule has 0 aliphatic heterocycles. The van der Waals surface area contributed by atoms with Crippen LogP contribution in [0.25, 0.3) is 78.0 Å². The van der Waals surface area contributed by atoms with E-state index in [4.69, 9.17) is 4.98 Å². The first kappa shape index (κ1) is 40.9. The predicted molar refractivity (Wildman–Crippen MR) is 252 cm³/mol. The quantitative estimate of drug-likeness (QED) is 0.149. The third kappa shape index (κ3) is 7.00. The maximum Gasteiger partial charge on any atom is 0.354 e. The summed E-state index contributed by atoms with van der Waals surface area (Å²) in [6, 6.07) is 48.8. The molecule has 63 heavy (non-hydrogen) atoms. The Kier molecular flexibility index (Phi) is 10.0. The lowest BCUT2D eigenvalue weighted by Gasteiger charge is -2.44. The zero-order chi connectivity index (χ0) is 44.3. The largest absolute Gasteiger partial charge is 0.477 e.